The zero-order valence-electron chi connectivity index (χ0n) is 19.1. The lowest BCUT2D eigenvalue weighted by molar-refractivity contribution is -0.152. The van der Waals surface area contributed by atoms with E-state index in [1.807, 2.05) is 0 Å². The van der Waals surface area contributed by atoms with E-state index in [-0.39, 0.29) is 17.1 Å². The van der Waals surface area contributed by atoms with E-state index in [0.29, 0.717) is 17.9 Å². The Bertz CT molecular complexity index is 926. The lowest BCUT2D eigenvalue weighted by atomic mass is 9.87. The predicted molar refractivity (Wildman–Crippen MR) is 122 cm³/mol. The standard InChI is InChI=1S/C26H32O6/c1-26(2,25(28)29)32-23-17-21(30-3)13-14-22(23)24(27)19-9-11-20(12-10-19)31-16-15-18-7-5-4-6-8-18/h9-14,17-18H,4-8,15-16H2,1-3H3,(H,28,29). The van der Waals surface area contributed by atoms with Crippen molar-refractivity contribution in [2.24, 2.45) is 5.92 Å². The molecule has 2 aromatic rings. The summed E-state index contributed by atoms with van der Waals surface area (Å²) >= 11 is 0. The number of methoxy groups -OCH3 is 1. The molecular formula is C26H32O6. The molecule has 1 fully saturated rings. The molecule has 6 heteroatoms. The second-order valence-corrected chi connectivity index (χ2v) is 8.77. The number of carbonyl (C=O) groups is 2. The molecule has 1 saturated carbocycles. The molecule has 0 heterocycles. The highest BCUT2D eigenvalue weighted by molar-refractivity contribution is 6.11. The Morgan fingerprint density at radius 2 is 1.66 bits per heavy atom. The molecule has 1 aliphatic carbocycles. The average molecular weight is 441 g/mol. The van der Waals surface area contributed by atoms with Gasteiger partial charge >= 0.3 is 5.97 Å². The highest BCUT2D eigenvalue weighted by atomic mass is 16.5. The SMILES string of the molecule is COc1ccc(C(=O)c2ccc(OCCC3CCCCC3)cc2)c(OC(C)(C)C(=O)O)c1. The molecule has 3 rings (SSSR count). The van der Waals surface area contributed by atoms with E-state index in [4.69, 9.17) is 14.2 Å². The van der Waals surface area contributed by atoms with Crippen LogP contribution in [0.4, 0.5) is 0 Å². The first-order valence-electron chi connectivity index (χ1n) is 11.2. The molecule has 0 amide bonds. The molecule has 172 valence electrons. The summed E-state index contributed by atoms with van der Waals surface area (Å²) in [5.41, 5.74) is -0.767. The van der Waals surface area contributed by atoms with Crippen LogP contribution in [0.25, 0.3) is 0 Å². The van der Waals surface area contributed by atoms with Crippen LogP contribution in [0.1, 0.15) is 68.3 Å². The van der Waals surface area contributed by atoms with Gasteiger partial charge in [-0.05, 0) is 62.6 Å². The van der Waals surface area contributed by atoms with E-state index in [0.717, 1.165) is 18.1 Å². The molecule has 0 atom stereocenters. The molecule has 32 heavy (non-hydrogen) atoms. The third-order valence-corrected chi connectivity index (χ3v) is 5.95. The number of carbonyl (C=O) groups excluding carboxylic acids is 1. The van der Waals surface area contributed by atoms with Gasteiger partial charge in [-0.15, -0.1) is 0 Å². The van der Waals surface area contributed by atoms with Crippen molar-refractivity contribution in [1.82, 2.24) is 0 Å². The number of rotatable bonds is 10. The number of carboxylic acid groups (broad SMARTS) is 1. The lowest BCUT2D eigenvalue weighted by Crippen LogP contribution is -2.38. The van der Waals surface area contributed by atoms with Crippen molar-refractivity contribution in [3.63, 3.8) is 0 Å². The molecule has 0 aromatic heterocycles. The number of ether oxygens (including phenoxy) is 3. The number of hydrogen-bond donors (Lipinski definition) is 1. The Labute approximate surface area is 189 Å². The average Bonchev–Trinajstić information content (AvgIpc) is 2.79. The van der Waals surface area contributed by atoms with E-state index < -0.39 is 11.6 Å². The van der Waals surface area contributed by atoms with Gasteiger partial charge in [0, 0.05) is 11.6 Å². The Hall–Kier alpha value is -3.02. The minimum Gasteiger partial charge on any atom is -0.497 e. The van der Waals surface area contributed by atoms with Crippen LogP contribution in [0.5, 0.6) is 17.2 Å². The summed E-state index contributed by atoms with van der Waals surface area (Å²) in [6.45, 7) is 3.55. The second kappa shape index (κ2) is 10.5. The van der Waals surface area contributed by atoms with E-state index in [9.17, 15) is 14.7 Å². The summed E-state index contributed by atoms with van der Waals surface area (Å²) in [4.78, 5) is 24.6. The van der Waals surface area contributed by atoms with Crippen LogP contribution in [-0.2, 0) is 4.79 Å². The van der Waals surface area contributed by atoms with Gasteiger partial charge in [0.05, 0.1) is 19.3 Å². The van der Waals surface area contributed by atoms with Gasteiger partial charge in [0.25, 0.3) is 0 Å². The van der Waals surface area contributed by atoms with Crippen LogP contribution in [0.2, 0.25) is 0 Å². The zero-order chi connectivity index (χ0) is 23.1. The monoisotopic (exact) mass is 440 g/mol. The van der Waals surface area contributed by atoms with Crippen molar-refractivity contribution in [2.75, 3.05) is 13.7 Å². The lowest BCUT2D eigenvalue weighted by Gasteiger charge is -2.23. The molecule has 1 N–H and O–H groups in total. The minimum absolute atomic E-state index is 0.162. The third-order valence-electron chi connectivity index (χ3n) is 5.95. The summed E-state index contributed by atoms with van der Waals surface area (Å²) in [5.74, 6) is 0.726. The molecular weight excluding hydrogens is 408 g/mol. The largest absolute Gasteiger partial charge is 0.497 e. The molecule has 0 saturated heterocycles. The van der Waals surface area contributed by atoms with Crippen molar-refractivity contribution in [3.05, 3.63) is 53.6 Å². The maximum Gasteiger partial charge on any atom is 0.347 e. The molecule has 0 unspecified atom stereocenters. The van der Waals surface area contributed by atoms with Crippen LogP contribution in [0.3, 0.4) is 0 Å². The van der Waals surface area contributed by atoms with Gasteiger partial charge in [0.1, 0.15) is 17.2 Å². The van der Waals surface area contributed by atoms with Crippen molar-refractivity contribution < 1.29 is 28.9 Å². The number of hydrogen-bond acceptors (Lipinski definition) is 5. The predicted octanol–water partition coefficient (Wildman–Crippen LogP) is 5.52. The van der Waals surface area contributed by atoms with Gasteiger partial charge < -0.3 is 19.3 Å². The first-order valence-corrected chi connectivity index (χ1v) is 11.2. The van der Waals surface area contributed by atoms with E-state index in [2.05, 4.69) is 0 Å². The maximum atomic E-state index is 13.1. The van der Waals surface area contributed by atoms with Crippen LogP contribution in [0, 0.1) is 5.92 Å². The fraction of sp³-hybridized carbons (Fsp3) is 0.462. The van der Waals surface area contributed by atoms with Crippen molar-refractivity contribution in [1.29, 1.82) is 0 Å². The molecule has 0 radical (unpaired) electrons. The number of carboxylic acids is 1. The summed E-state index contributed by atoms with van der Waals surface area (Å²) < 4.78 is 16.8. The van der Waals surface area contributed by atoms with Crippen LogP contribution in [0.15, 0.2) is 42.5 Å². The number of benzene rings is 2. The molecule has 0 aliphatic heterocycles. The van der Waals surface area contributed by atoms with Gasteiger partial charge in [-0.25, -0.2) is 4.79 Å². The van der Waals surface area contributed by atoms with E-state index >= 15 is 0 Å². The summed E-state index contributed by atoms with van der Waals surface area (Å²) in [6.07, 6.45) is 7.64. The smallest absolute Gasteiger partial charge is 0.347 e. The Morgan fingerprint density at radius 3 is 2.28 bits per heavy atom. The molecule has 6 nitrogen and oxygen atoms in total. The topological polar surface area (TPSA) is 82.1 Å². The fourth-order valence-electron chi connectivity index (χ4n) is 3.90. The molecule has 0 bridgehead atoms. The van der Waals surface area contributed by atoms with Gasteiger partial charge in [0.2, 0.25) is 0 Å². The van der Waals surface area contributed by atoms with Gasteiger partial charge in [-0.3, -0.25) is 4.79 Å². The normalized spacial score (nSPS) is 14.6. The molecule has 0 spiro atoms. The van der Waals surface area contributed by atoms with Crippen LogP contribution < -0.4 is 14.2 Å². The second-order valence-electron chi connectivity index (χ2n) is 8.77. The van der Waals surface area contributed by atoms with Gasteiger partial charge in [0.15, 0.2) is 11.4 Å². The Morgan fingerprint density at radius 1 is 1.00 bits per heavy atom. The Balaban J connectivity index is 1.70. The highest BCUT2D eigenvalue weighted by Gasteiger charge is 2.31. The van der Waals surface area contributed by atoms with E-state index in [1.165, 1.54) is 59.1 Å². The van der Waals surface area contributed by atoms with Crippen LogP contribution >= 0.6 is 0 Å². The quantitative estimate of drug-likeness (QED) is 0.490. The first-order chi connectivity index (χ1) is 15.3. The fourth-order valence-corrected chi connectivity index (χ4v) is 3.90. The number of aliphatic carboxylic acids is 1. The van der Waals surface area contributed by atoms with Crippen molar-refractivity contribution in [3.8, 4) is 17.2 Å². The minimum atomic E-state index is -1.50. The van der Waals surface area contributed by atoms with Gasteiger partial charge in [-0.1, -0.05) is 32.1 Å². The Kier molecular flexibility index (Phi) is 7.78. The molecule has 2 aromatic carbocycles. The zero-order valence-corrected chi connectivity index (χ0v) is 19.1. The van der Waals surface area contributed by atoms with Crippen molar-refractivity contribution >= 4 is 11.8 Å². The summed E-state index contributed by atoms with van der Waals surface area (Å²) in [7, 11) is 1.50. The summed E-state index contributed by atoms with van der Waals surface area (Å²) in [5, 5.41) is 9.41. The number of ketones is 1. The highest BCUT2D eigenvalue weighted by Crippen LogP contribution is 2.31. The van der Waals surface area contributed by atoms with Gasteiger partial charge in [-0.2, -0.15) is 0 Å². The van der Waals surface area contributed by atoms with E-state index in [1.54, 1.807) is 36.4 Å². The summed E-state index contributed by atoms with van der Waals surface area (Å²) in [6, 6.07) is 11.8. The van der Waals surface area contributed by atoms with Crippen LogP contribution in [-0.4, -0.2) is 36.2 Å². The molecule has 1 aliphatic rings. The third kappa shape index (κ3) is 6.02. The van der Waals surface area contributed by atoms with Crippen molar-refractivity contribution in [2.45, 2.75) is 58.0 Å². The maximum absolute atomic E-state index is 13.1. The first kappa shape index (κ1) is 23.6.